The zero-order valence-corrected chi connectivity index (χ0v) is 33.8. The second kappa shape index (κ2) is 13.7. The van der Waals surface area contributed by atoms with Crippen LogP contribution in [-0.2, 0) is 0 Å². The molecule has 290 valence electrons. The van der Waals surface area contributed by atoms with Crippen LogP contribution in [0.15, 0.2) is 234 Å². The molecule has 9 aromatic rings. The highest BCUT2D eigenvalue weighted by molar-refractivity contribution is 6.21. The molecule has 2 bridgehead atoms. The monoisotopic (exact) mass is 790 g/mol. The number of hydrogen-bond donors (Lipinski definition) is 0. The summed E-state index contributed by atoms with van der Waals surface area (Å²) in [6.07, 6.45) is 23.5. The molecule has 0 saturated carbocycles. The van der Waals surface area contributed by atoms with Crippen LogP contribution in [0.2, 0.25) is 0 Å². The Morgan fingerprint density at radius 2 is 1.42 bits per heavy atom. The van der Waals surface area contributed by atoms with E-state index in [4.69, 9.17) is 4.42 Å². The molecular formula is C59H38N2O. The average molecular weight is 791 g/mol. The number of rotatable bonds is 5. The molecule has 0 saturated heterocycles. The number of benzene rings is 7. The minimum absolute atomic E-state index is 0.160. The highest BCUT2D eigenvalue weighted by Crippen LogP contribution is 2.46. The summed E-state index contributed by atoms with van der Waals surface area (Å²) in [5.41, 5.74) is 22.7. The van der Waals surface area contributed by atoms with Crippen molar-refractivity contribution in [3.05, 3.63) is 246 Å². The molecule has 3 aliphatic carbocycles. The summed E-state index contributed by atoms with van der Waals surface area (Å²) in [4.78, 5) is 2.34. The molecule has 0 amide bonds. The van der Waals surface area contributed by atoms with Gasteiger partial charge < -0.3 is 13.9 Å². The molecule has 0 N–H and O–H groups in total. The van der Waals surface area contributed by atoms with E-state index in [9.17, 15) is 0 Å². The van der Waals surface area contributed by atoms with E-state index < -0.39 is 0 Å². The third-order valence-corrected chi connectivity index (χ3v) is 13.1. The van der Waals surface area contributed by atoms with Crippen LogP contribution >= 0.6 is 0 Å². The van der Waals surface area contributed by atoms with Gasteiger partial charge in [0.05, 0.1) is 28.5 Å². The number of para-hydroxylation sites is 2. The van der Waals surface area contributed by atoms with Crippen LogP contribution in [0.5, 0.6) is 0 Å². The zero-order valence-electron chi connectivity index (χ0n) is 33.8. The molecule has 13 rings (SSSR count). The topological polar surface area (TPSA) is 21.3 Å². The lowest BCUT2D eigenvalue weighted by molar-refractivity contribution is 0.650. The van der Waals surface area contributed by atoms with Crippen molar-refractivity contribution < 1.29 is 4.42 Å². The van der Waals surface area contributed by atoms with Gasteiger partial charge in [-0.15, -0.1) is 0 Å². The molecule has 2 unspecified atom stereocenters. The molecule has 3 heteroatoms. The predicted octanol–water partition coefficient (Wildman–Crippen LogP) is 15.3. The number of aromatic nitrogens is 1. The van der Waals surface area contributed by atoms with Crippen molar-refractivity contribution in [1.82, 2.24) is 4.57 Å². The molecule has 3 heterocycles. The van der Waals surface area contributed by atoms with Crippen LogP contribution in [0, 0.1) is 0 Å². The maximum Gasteiger partial charge on any atom is 0.143 e. The molecule has 1 aliphatic heterocycles. The van der Waals surface area contributed by atoms with Crippen LogP contribution < -0.4 is 4.90 Å². The first-order valence-corrected chi connectivity index (χ1v) is 21.5. The Kier molecular flexibility index (Phi) is 7.71. The van der Waals surface area contributed by atoms with E-state index in [1.165, 1.54) is 60.4 Å². The highest BCUT2D eigenvalue weighted by Gasteiger charge is 2.28. The van der Waals surface area contributed by atoms with Crippen molar-refractivity contribution in [3.8, 4) is 11.1 Å². The molecule has 0 spiro atoms. The maximum absolute atomic E-state index is 6.40. The summed E-state index contributed by atoms with van der Waals surface area (Å²) >= 11 is 0. The van der Waals surface area contributed by atoms with E-state index in [1.54, 1.807) is 0 Å². The number of fused-ring (bicyclic) bond motifs is 11. The predicted molar refractivity (Wildman–Crippen MR) is 258 cm³/mol. The summed E-state index contributed by atoms with van der Waals surface area (Å²) in [7, 11) is 0. The second-order valence-corrected chi connectivity index (χ2v) is 16.6. The first kappa shape index (κ1) is 34.8. The zero-order chi connectivity index (χ0) is 40.7. The van der Waals surface area contributed by atoms with Gasteiger partial charge in [0.15, 0.2) is 0 Å². The Labute approximate surface area is 359 Å². The minimum atomic E-state index is 0.160. The van der Waals surface area contributed by atoms with Crippen molar-refractivity contribution in [3.63, 3.8) is 0 Å². The number of anilines is 1. The van der Waals surface area contributed by atoms with Crippen molar-refractivity contribution in [2.24, 2.45) is 0 Å². The standard InChI is InChI=1S/C59H38N2O/c1-2-12-38(13-3-1)41-16-10-18-47(34-41)61-54-33-28-39-14-5-7-19-49(39)58(54)53-32-27-43(37-56(53)61)42-26-31-48-44-15-4-6-17-46(35-44)60(55(48)36-42)45-29-24-40(25-30-45)50-21-11-22-52-51-20-8-9-23-57(51)62-59(50)52/h1-17,19-24,26-29,31-37,44,47H,18H2. The van der Waals surface area contributed by atoms with Gasteiger partial charge in [0, 0.05) is 44.3 Å². The van der Waals surface area contributed by atoms with Crippen molar-refractivity contribution >= 4 is 71.4 Å². The molecule has 4 aliphatic rings. The van der Waals surface area contributed by atoms with Crippen LogP contribution in [-0.4, -0.2) is 4.57 Å². The molecule has 62 heavy (non-hydrogen) atoms. The largest absolute Gasteiger partial charge is 0.455 e. The molecule has 0 fully saturated rings. The van der Waals surface area contributed by atoms with Crippen LogP contribution in [0.25, 0.3) is 76.8 Å². The maximum atomic E-state index is 6.40. The lowest BCUT2D eigenvalue weighted by Gasteiger charge is -2.34. The van der Waals surface area contributed by atoms with Gasteiger partial charge in [-0.05, 0) is 105 Å². The summed E-state index contributed by atoms with van der Waals surface area (Å²) in [6, 6.07) is 53.0. The highest BCUT2D eigenvalue weighted by atomic mass is 16.3. The Bertz CT molecular complexity index is 3690. The van der Waals surface area contributed by atoms with E-state index in [1.807, 2.05) is 12.1 Å². The smallest absolute Gasteiger partial charge is 0.143 e. The first-order chi connectivity index (χ1) is 30.7. The Morgan fingerprint density at radius 1 is 0.581 bits per heavy atom. The van der Waals surface area contributed by atoms with Gasteiger partial charge in [0.2, 0.25) is 0 Å². The van der Waals surface area contributed by atoms with Crippen molar-refractivity contribution in [1.29, 1.82) is 0 Å². The molecule has 0 radical (unpaired) electrons. The SMILES string of the molecule is C1=C=C(N2C3=CC(C=CC=C3)c3ccc(-c4ccc5c6c7ccccc7ccc6n(C6C=C(c7ccccc7)C=CC6)c5c4)cc32)C=CC=1c1cccc2c1oc1ccccc12. The van der Waals surface area contributed by atoms with Crippen molar-refractivity contribution in [2.45, 2.75) is 18.4 Å². The van der Waals surface area contributed by atoms with E-state index in [0.717, 1.165) is 56.6 Å². The molecular weight excluding hydrogens is 753 g/mol. The Hall–Kier alpha value is -8.06. The Morgan fingerprint density at radius 3 is 2.34 bits per heavy atom. The summed E-state index contributed by atoms with van der Waals surface area (Å²) in [5, 5.41) is 7.36. The number of allylic oxidation sites excluding steroid dienone is 12. The Balaban J connectivity index is 0.968. The van der Waals surface area contributed by atoms with E-state index in [0.29, 0.717) is 0 Å². The average Bonchev–Trinajstić information content (AvgIpc) is 3.81. The van der Waals surface area contributed by atoms with Gasteiger partial charge in [0.25, 0.3) is 0 Å². The van der Waals surface area contributed by atoms with Gasteiger partial charge in [-0.1, -0.05) is 157 Å². The fourth-order valence-corrected chi connectivity index (χ4v) is 10.2. The van der Waals surface area contributed by atoms with Gasteiger partial charge in [-0.3, -0.25) is 0 Å². The third-order valence-electron chi connectivity index (χ3n) is 13.1. The van der Waals surface area contributed by atoms with Crippen LogP contribution in [0.3, 0.4) is 0 Å². The summed E-state index contributed by atoms with van der Waals surface area (Å²) in [6.45, 7) is 0. The van der Waals surface area contributed by atoms with Gasteiger partial charge in [-0.2, -0.15) is 0 Å². The fourth-order valence-electron chi connectivity index (χ4n) is 10.2. The summed E-state index contributed by atoms with van der Waals surface area (Å²) in [5.74, 6) is 0.164. The number of hydrogen-bond acceptors (Lipinski definition) is 2. The lowest BCUT2D eigenvalue weighted by atomic mass is 9.89. The van der Waals surface area contributed by atoms with E-state index >= 15 is 0 Å². The van der Waals surface area contributed by atoms with Crippen LogP contribution in [0.1, 0.15) is 35.1 Å². The van der Waals surface area contributed by atoms with E-state index in [-0.39, 0.29) is 12.0 Å². The number of furan rings is 1. The molecule has 2 aromatic heterocycles. The van der Waals surface area contributed by atoms with Gasteiger partial charge >= 0.3 is 0 Å². The molecule has 2 atom stereocenters. The van der Waals surface area contributed by atoms with Gasteiger partial charge in [-0.25, -0.2) is 0 Å². The minimum Gasteiger partial charge on any atom is -0.455 e. The second-order valence-electron chi connectivity index (χ2n) is 16.6. The molecule has 3 nitrogen and oxygen atoms in total. The first-order valence-electron chi connectivity index (χ1n) is 21.5. The summed E-state index contributed by atoms with van der Waals surface area (Å²) < 4.78 is 8.99. The lowest BCUT2D eigenvalue weighted by Crippen LogP contribution is -2.25. The normalized spacial score (nSPS) is 17.8. The fraction of sp³-hybridized carbons (Fsp3) is 0.0508. The third kappa shape index (κ3) is 5.40. The van der Waals surface area contributed by atoms with E-state index in [2.05, 4.69) is 215 Å². The molecule has 7 aromatic carbocycles. The number of nitrogens with zero attached hydrogens (tertiary/aromatic N) is 2. The van der Waals surface area contributed by atoms with Crippen LogP contribution in [0.4, 0.5) is 5.69 Å². The van der Waals surface area contributed by atoms with Crippen molar-refractivity contribution in [2.75, 3.05) is 4.90 Å². The quantitative estimate of drug-likeness (QED) is 0.162. The van der Waals surface area contributed by atoms with Gasteiger partial charge in [0.1, 0.15) is 11.2 Å².